The smallest absolute Gasteiger partial charge is 0.141 e. The molecule has 1 heterocycles. The van der Waals surface area contributed by atoms with Gasteiger partial charge >= 0.3 is 0 Å². The van der Waals surface area contributed by atoms with E-state index in [0.717, 1.165) is 23.5 Å². The molecule has 0 saturated carbocycles. The highest BCUT2D eigenvalue weighted by Crippen LogP contribution is 2.29. The molecule has 1 aromatic heterocycles. The molecular formula is C16H24N4O. The third-order valence-corrected chi connectivity index (χ3v) is 3.36. The number of anilines is 1. The number of benzene rings is 1. The molecule has 0 radical (unpaired) electrons. The van der Waals surface area contributed by atoms with Gasteiger partial charge in [0.2, 0.25) is 0 Å². The number of ether oxygens (including phenoxy) is 1. The average Bonchev–Trinajstić information content (AvgIpc) is 2.85. The summed E-state index contributed by atoms with van der Waals surface area (Å²) in [5.74, 6) is 0.855. The van der Waals surface area contributed by atoms with Crippen molar-refractivity contribution in [2.45, 2.75) is 19.5 Å². The summed E-state index contributed by atoms with van der Waals surface area (Å²) in [7, 11) is 7.75. The van der Waals surface area contributed by atoms with Gasteiger partial charge in [-0.05, 0) is 38.7 Å². The molecule has 5 nitrogen and oxygen atoms in total. The highest BCUT2D eigenvalue weighted by Gasteiger charge is 2.11. The van der Waals surface area contributed by atoms with Gasteiger partial charge in [-0.2, -0.15) is 5.10 Å². The van der Waals surface area contributed by atoms with Crippen molar-refractivity contribution in [1.82, 2.24) is 14.7 Å². The largest absolute Gasteiger partial charge is 0.495 e. The highest BCUT2D eigenvalue weighted by molar-refractivity contribution is 5.59. The maximum atomic E-state index is 5.45. The molecule has 0 aliphatic carbocycles. The van der Waals surface area contributed by atoms with Crippen molar-refractivity contribution in [2.75, 3.05) is 26.5 Å². The minimum Gasteiger partial charge on any atom is -0.495 e. The summed E-state index contributed by atoms with van der Waals surface area (Å²) in [6.45, 7) is 3.02. The molecule has 0 aliphatic rings. The quantitative estimate of drug-likeness (QED) is 0.887. The Labute approximate surface area is 126 Å². The summed E-state index contributed by atoms with van der Waals surface area (Å²) < 4.78 is 7.26. The minimum atomic E-state index is 0.169. The number of aromatic nitrogens is 2. The van der Waals surface area contributed by atoms with Crippen LogP contribution in [0.1, 0.15) is 24.1 Å². The number of methoxy groups -OCH3 is 1. The minimum absolute atomic E-state index is 0.169. The van der Waals surface area contributed by atoms with E-state index >= 15 is 0 Å². The zero-order valence-electron chi connectivity index (χ0n) is 13.4. The number of nitrogens with zero attached hydrogens (tertiary/aromatic N) is 3. The molecule has 1 unspecified atom stereocenters. The number of aryl methyl sites for hydroxylation is 1. The van der Waals surface area contributed by atoms with Crippen LogP contribution in [0.4, 0.5) is 5.69 Å². The first-order valence-corrected chi connectivity index (χ1v) is 7.06. The molecule has 114 valence electrons. The van der Waals surface area contributed by atoms with Gasteiger partial charge in [0.15, 0.2) is 0 Å². The molecule has 1 atom stereocenters. The fourth-order valence-electron chi connectivity index (χ4n) is 2.31. The molecule has 2 aromatic rings. The van der Waals surface area contributed by atoms with E-state index in [1.54, 1.807) is 7.11 Å². The van der Waals surface area contributed by atoms with Crippen LogP contribution in [-0.2, 0) is 13.6 Å². The predicted octanol–water partition coefficient (Wildman–Crippen LogP) is 2.66. The van der Waals surface area contributed by atoms with Gasteiger partial charge in [-0.15, -0.1) is 0 Å². The summed E-state index contributed by atoms with van der Waals surface area (Å²) in [6, 6.07) is 6.42. The van der Waals surface area contributed by atoms with Crippen molar-refractivity contribution in [3.63, 3.8) is 0 Å². The summed E-state index contributed by atoms with van der Waals surface area (Å²) in [5.41, 5.74) is 3.41. The monoisotopic (exact) mass is 288 g/mol. The molecule has 0 amide bonds. The maximum Gasteiger partial charge on any atom is 0.141 e. The Morgan fingerprint density at radius 2 is 2.14 bits per heavy atom. The van der Waals surface area contributed by atoms with Crippen LogP contribution >= 0.6 is 0 Å². The standard InChI is InChI=1S/C16H24N4O/c1-12(14-9-17-20(4)11-14)18-15-8-13(10-19(2)3)6-7-16(15)21-5/h6-9,11-12,18H,10H2,1-5H3. The van der Waals surface area contributed by atoms with Crippen LogP contribution in [0.25, 0.3) is 0 Å². The molecule has 21 heavy (non-hydrogen) atoms. The topological polar surface area (TPSA) is 42.3 Å². The lowest BCUT2D eigenvalue weighted by atomic mass is 10.1. The Balaban J connectivity index is 2.20. The number of nitrogens with one attached hydrogen (secondary N) is 1. The molecule has 1 N–H and O–H groups in total. The SMILES string of the molecule is COc1ccc(CN(C)C)cc1NC(C)c1cnn(C)c1. The van der Waals surface area contributed by atoms with Crippen molar-refractivity contribution in [1.29, 1.82) is 0 Å². The van der Waals surface area contributed by atoms with E-state index in [9.17, 15) is 0 Å². The second-order valence-corrected chi connectivity index (χ2v) is 5.59. The van der Waals surface area contributed by atoms with Gasteiger partial charge in [0.25, 0.3) is 0 Å². The molecule has 0 aliphatic heterocycles. The van der Waals surface area contributed by atoms with Gasteiger partial charge in [-0.3, -0.25) is 4.68 Å². The Morgan fingerprint density at radius 1 is 1.38 bits per heavy atom. The van der Waals surface area contributed by atoms with Gasteiger partial charge in [-0.25, -0.2) is 0 Å². The van der Waals surface area contributed by atoms with Gasteiger partial charge in [0, 0.05) is 25.4 Å². The van der Waals surface area contributed by atoms with Crippen LogP contribution in [0, 0.1) is 0 Å². The second kappa shape index (κ2) is 6.63. The molecule has 1 aromatic carbocycles. The Hall–Kier alpha value is -2.01. The second-order valence-electron chi connectivity index (χ2n) is 5.59. The fourth-order valence-corrected chi connectivity index (χ4v) is 2.31. The van der Waals surface area contributed by atoms with E-state index < -0.39 is 0 Å². The third kappa shape index (κ3) is 3.98. The van der Waals surface area contributed by atoms with Crippen molar-refractivity contribution in [3.8, 4) is 5.75 Å². The summed E-state index contributed by atoms with van der Waals surface area (Å²) >= 11 is 0. The lowest BCUT2D eigenvalue weighted by molar-refractivity contribution is 0.400. The van der Waals surface area contributed by atoms with E-state index in [1.807, 2.05) is 30.2 Å². The molecular weight excluding hydrogens is 264 g/mol. The lowest BCUT2D eigenvalue weighted by Crippen LogP contribution is -2.12. The van der Waals surface area contributed by atoms with Crippen LogP contribution in [0.5, 0.6) is 5.75 Å². The number of rotatable bonds is 6. The van der Waals surface area contributed by atoms with Crippen LogP contribution in [0.2, 0.25) is 0 Å². The molecule has 0 spiro atoms. The Kier molecular flexibility index (Phi) is 4.85. The zero-order chi connectivity index (χ0) is 15.4. The predicted molar refractivity (Wildman–Crippen MR) is 85.6 cm³/mol. The van der Waals surface area contributed by atoms with Crippen molar-refractivity contribution < 1.29 is 4.74 Å². The Morgan fingerprint density at radius 3 is 2.71 bits per heavy atom. The normalized spacial score (nSPS) is 12.5. The van der Waals surface area contributed by atoms with Crippen molar-refractivity contribution >= 4 is 5.69 Å². The molecule has 0 fully saturated rings. The third-order valence-electron chi connectivity index (χ3n) is 3.36. The molecule has 5 heteroatoms. The van der Waals surface area contributed by atoms with Crippen LogP contribution in [0.3, 0.4) is 0 Å². The van der Waals surface area contributed by atoms with E-state index in [0.29, 0.717) is 0 Å². The van der Waals surface area contributed by atoms with Crippen LogP contribution < -0.4 is 10.1 Å². The van der Waals surface area contributed by atoms with Gasteiger partial charge in [-0.1, -0.05) is 6.07 Å². The Bertz CT molecular complexity index is 592. The van der Waals surface area contributed by atoms with Crippen molar-refractivity contribution in [3.05, 3.63) is 41.7 Å². The van der Waals surface area contributed by atoms with Gasteiger partial charge < -0.3 is 15.0 Å². The highest BCUT2D eigenvalue weighted by atomic mass is 16.5. The molecule has 2 rings (SSSR count). The van der Waals surface area contributed by atoms with Crippen LogP contribution in [0.15, 0.2) is 30.6 Å². The van der Waals surface area contributed by atoms with E-state index in [1.165, 1.54) is 5.56 Å². The lowest BCUT2D eigenvalue weighted by Gasteiger charge is -2.18. The fraction of sp³-hybridized carbons (Fsp3) is 0.438. The van der Waals surface area contributed by atoms with Gasteiger partial charge in [0.1, 0.15) is 5.75 Å². The summed E-state index contributed by atoms with van der Waals surface area (Å²) in [5, 5.41) is 7.73. The number of hydrogen-bond acceptors (Lipinski definition) is 4. The van der Waals surface area contributed by atoms with E-state index in [2.05, 4.69) is 48.5 Å². The zero-order valence-corrected chi connectivity index (χ0v) is 13.4. The first-order chi connectivity index (χ1) is 9.99. The summed E-state index contributed by atoms with van der Waals surface area (Å²) in [4.78, 5) is 2.15. The molecule has 0 bridgehead atoms. The van der Waals surface area contributed by atoms with Crippen LogP contribution in [-0.4, -0.2) is 35.9 Å². The first-order valence-electron chi connectivity index (χ1n) is 7.06. The average molecular weight is 288 g/mol. The van der Waals surface area contributed by atoms with E-state index in [-0.39, 0.29) is 6.04 Å². The first kappa shape index (κ1) is 15.4. The van der Waals surface area contributed by atoms with Gasteiger partial charge in [0.05, 0.1) is 25.0 Å². The molecule has 0 saturated heterocycles. The summed E-state index contributed by atoms with van der Waals surface area (Å²) in [6.07, 6.45) is 3.90. The van der Waals surface area contributed by atoms with Crippen molar-refractivity contribution in [2.24, 2.45) is 7.05 Å². The number of hydrogen-bond donors (Lipinski definition) is 1. The van der Waals surface area contributed by atoms with E-state index in [4.69, 9.17) is 4.74 Å². The maximum absolute atomic E-state index is 5.45.